The van der Waals surface area contributed by atoms with Gasteiger partial charge in [-0.1, -0.05) is 26.2 Å². The molecule has 1 saturated heterocycles. The highest BCUT2D eigenvalue weighted by Gasteiger charge is 2.26. The summed E-state index contributed by atoms with van der Waals surface area (Å²) in [5.74, 6) is 2.21. The van der Waals surface area contributed by atoms with Crippen LogP contribution < -0.4 is 10.6 Å². The van der Waals surface area contributed by atoms with E-state index in [1.807, 2.05) is 0 Å². The summed E-state index contributed by atoms with van der Waals surface area (Å²) in [6.07, 6.45) is 8.66. The largest absolute Gasteiger partial charge is 0.356 e. The third-order valence-corrected chi connectivity index (χ3v) is 5.10. The van der Waals surface area contributed by atoms with Crippen LogP contribution >= 0.6 is 0 Å². The van der Waals surface area contributed by atoms with Crippen LogP contribution in [0.5, 0.6) is 0 Å². The van der Waals surface area contributed by atoms with Crippen molar-refractivity contribution in [3.05, 3.63) is 0 Å². The van der Waals surface area contributed by atoms with Crippen LogP contribution in [0, 0.1) is 17.8 Å². The second-order valence-electron chi connectivity index (χ2n) is 6.62. The standard InChI is InChI=1S/C16H30N2O/c1-3-13-4-6-14(7-5-13)11-18-16(19)15-8-9-17-12(2)10-15/h12-15,17H,3-11H2,1-2H3,(H,18,19)/t12-,13?,14?,15-/m0/s1. The van der Waals surface area contributed by atoms with E-state index in [-0.39, 0.29) is 5.92 Å². The molecule has 1 amide bonds. The Hall–Kier alpha value is -0.570. The van der Waals surface area contributed by atoms with Crippen molar-refractivity contribution < 1.29 is 4.79 Å². The van der Waals surface area contributed by atoms with Crippen molar-refractivity contribution in [1.29, 1.82) is 0 Å². The average molecular weight is 266 g/mol. The maximum Gasteiger partial charge on any atom is 0.223 e. The van der Waals surface area contributed by atoms with Crippen LogP contribution in [0.4, 0.5) is 0 Å². The molecule has 19 heavy (non-hydrogen) atoms. The fourth-order valence-electron chi connectivity index (χ4n) is 3.60. The quantitative estimate of drug-likeness (QED) is 0.821. The Balaban J connectivity index is 1.66. The lowest BCUT2D eigenvalue weighted by atomic mass is 9.81. The van der Waals surface area contributed by atoms with E-state index in [9.17, 15) is 4.79 Å². The van der Waals surface area contributed by atoms with Crippen molar-refractivity contribution in [2.75, 3.05) is 13.1 Å². The lowest BCUT2D eigenvalue weighted by Gasteiger charge is -2.30. The van der Waals surface area contributed by atoms with Crippen molar-refractivity contribution >= 4 is 5.91 Å². The molecule has 1 aliphatic carbocycles. The summed E-state index contributed by atoms with van der Waals surface area (Å²) in [4.78, 5) is 12.2. The fraction of sp³-hybridized carbons (Fsp3) is 0.938. The number of nitrogens with one attached hydrogen (secondary N) is 2. The molecule has 0 unspecified atom stereocenters. The van der Waals surface area contributed by atoms with E-state index in [1.54, 1.807) is 0 Å². The Bertz CT molecular complexity index is 284. The minimum atomic E-state index is 0.239. The molecule has 0 aromatic rings. The molecule has 2 atom stereocenters. The number of hydrogen-bond donors (Lipinski definition) is 2. The van der Waals surface area contributed by atoms with Crippen molar-refractivity contribution in [1.82, 2.24) is 10.6 Å². The van der Waals surface area contributed by atoms with E-state index in [0.29, 0.717) is 11.9 Å². The Morgan fingerprint density at radius 3 is 2.47 bits per heavy atom. The molecule has 3 heteroatoms. The molecule has 0 aromatic heterocycles. The van der Waals surface area contributed by atoms with Crippen LogP contribution in [-0.4, -0.2) is 25.0 Å². The molecular weight excluding hydrogens is 236 g/mol. The molecule has 1 heterocycles. The van der Waals surface area contributed by atoms with Gasteiger partial charge in [0.2, 0.25) is 5.91 Å². The van der Waals surface area contributed by atoms with Gasteiger partial charge >= 0.3 is 0 Å². The highest BCUT2D eigenvalue weighted by molar-refractivity contribution is 5.78. The predicted molar refractivity (Wildman–Crippen MR) is 78.9 cm³/mol. The maximum atomic E-state index is 12.2. The SMILES string of the molecule is CCC1CCC(CNC(=O)[C@H]2CCN[C@@H](C)C2)CC1. The van der Waals surface area contributed by atoms with E-state index in [0.717, 1.165) is 37.8 Å². The van der Waals surface area contributed by atoms with E-state index >= 15 is 0 Å². The van der Waals surface area contributed by atoms with Crippen LogP contribution in [0.2, 0.25) is 0 Å². The first-order valence-electron chi connectivity index (χ1n) is 8.20. The van der Waals surface area contributed by atoms with Crippen molar-refractivity contribution in [2.45, 2.75) is 64.8 Å². The van der Waals surface area contributed by atoms with Gasteiger partial charge in [0.15, 0.2) is 0 Å². The van der Waals surface area contributed by atoms with Gasteiger partial charge in [-0.25, -0.2) is 0 Å². The number of carbonyl (C=O) groups excluding carboxylic acids is 1. The van der Waals surface area contributed by atoms with Gasteiger partial charge < -0.3 is 10.6 Å². The van der Waals surface area contributed by atoms with Gasteiger partial charge in [0, 0.05) is 18.5 Å². The van der Waals surface area contributed by atoms with Crippen LogP contribution in [0.25, 0.3) is 0 Å². The van der Waals surface area contributed by atoms with E-state index in [1.165, 1.54) is 32.1 Å². The van der Waals surface area contributed by atoms with Crippen molar-refractivity contribution in [3.63, 3.8) is 0 Å². The summed E-state index contributed by atoms with van der Waals surface area (Å²) in [5.41, 5.74) is 0. The molecule has 0 radical (unpaired) electrons. The monoisotopic (exact) mass is 266 g/mol. The summed E-state index contributed by atoms with van der Waals surface area (Å²) in [6.45, 7) is 6.37. The second kappa shape index (κ2) is 7.28. The van der Waals surface area contributed by atoms with Crippen molar-refractivity contribution in [2.24, 2.45) is 17.8 Å². The fourth-order valence-corrected chi connectivity index (χ4v) is 3.60. The van der Waals surface area contributed by atoms with Gasteiger partial charge in [-0.3, -0.25) is 4.79 Å². The summed E-state index contributed by atoms with van der Waals surface area (Å²) >= 11 is 0. The van der Waals surface area contributed by atoms with E-state index in [4.69, 9.17) is 0 Å². The Morgan fingerprint density at radius 2 is 1.84 bits per heavy atom. The zero-order valence-electron chi connectivity index (χ0n) is 12.6. The van der Waals surface area contributed by atoms with Crippen LogP contribution in [-0.2, 0) is 4.79 Å². The molecule has 2 rings (SSSR count). The molecule has 0 spiro atoms. The number of piperidine rings is 1. The first-order chi connectivity index (χ1) is 9.19. The normalized spacial score (nSPS) is 35.9. The Morgan fingerprint density at radius 1 is 1.16 bits per heavy atom. The lowest BCUT2D eigenvalue weighted by Crippen LogP contribution is -2.43. The topological polar surface area (TPSA) is 41.1 Å². The van der Waals surface area contributed by atoms with Crippen LogP contribution in [0.1, 0.15) is 58.8 Å². The summed E-state index contributed by atoms with van der Waals surface area (Å²) in [5, 5.41) is 6.61. The third-order valence-electron chi connectivity index (χ3n) is 5.10. The first-order valence-corrected chi connectivity index (χ1v) is 8.20. The molecule has 110 valence electrons. The zero-order valence-corrected chi connectivity index (χ0v) is 12.6. The molecule has 2 N–H and O–H groups in total. The second-order valence-corrected chi connectivity index (χ2v) is 6.62. The molecule has 2 fully saturated rings. The molecule has 1 aliphatic heterocycles. The predicted octanol–water partition coefficient (Wildman–Crippen LogP) is 2.71. The smallest absolute Gasteiger partial charge is 0.223 e. The summed E-state index contributed by atoms with van der Waals surface area (Å²) < 4.78 is 0. The number of hydrogen-bond acceptors (Lipinski definition) is 2. The van der Waals surface area contributed by atoms with Gasteiger partial charge in [-0.2, -0.15) is 0 Å². The number of rotatable bonds is 4. The number of amides is 1. The summed E-state index contributed by atoms with van der Waals surface area (Å²) in [6, 6.07) is 0.490. The van der Waals surface area contributed by atoms with Crippen molar-refractivity contribution in [3.8, 4) is 0 Å². The third kappa shape index (κ3) is 4.48. The Kier molecular flexibility index (Phi) is 5.68. The first kappa shape index (κ1) is 14.8. The van der Waals surface area contributed by atoms with Gasteiger partial charge in [0.05, 0.1) is 0 Å². The van der Waals surface area contributed by atoms with E-state index < -0.39 is 0 Å². The lowest BCUT2D eigenvalue weighted by molar-refractivity contribution is -0.126. The average Bonchev–Trinajstić information content (AvgIpc) is 2.45. The van der Waals surface area contributed by atoms with Gasteiger partial charge in [0.1, 0.15) is 0 Å². The zero-order chi connectivity index (χ0) is 13.7. The Labute approximate surface area is 117 Å². The molecular formula is C16H30N2O. The highest BCUT2D eigenvalue weighted by atomic mass is 16.1. The van der Waals surface area contributed by atoms with Crippen LogP contribution in [0.3, 0.4) is 0 Å². The van der Waals surface area contributed by atoms with Gasteiger partial charge in [-0.15, -0.1) is 0 Å². The van der Waals surface area contributed by atoms with Gasteiger partial charge in [0.25, 0.3) is 0 Å². The molecule has 2 aliphatic rings. The van der Waals surface area contributed by atoms with E-state index in [2.05, 4.69) is 24.5 Å². The highest BCUT2D eigenvalue weighted by Crippen LogP contribution is 2.30. The molecule has 1 saturated carbocycles. The van der Waals surface area contributed by atoms with Gasteiger partial charge in [-0.05, 0) is 51.0 Å². The van der Waals surface area contributed by atoms with Crippen LogP contribution in [0.15, 0.2) is 0 Å². The number of carbonyl (C=O) groups is 1. The molecule has 0 bridgehead atoms. The molecule has 0 aromatic carbocycles. The maximum absolute atomic E-state index is 12.2. The minimum absolute atomic E-state index is 0.239. The molecule has 3 nitrogen and oxygen atoms in total. The minimum Gasteiger partial charge on any atom is -0.356 e. The summed E-state index contributed by atoms with van der Waals surface area (Å²) in [7, 11) is 0.